The number of nitrogens with one attached hydrogen (secondary N) is 1. The fourth-order valence-corrected chi connectivity index (χ4v) is 3.17. The monoisotopic (exact) mass is 473 g/mol. The van der Waals surface area contributed by atoms with Gasteiger partial charge in [0.1, 0.15) is 6.33 Å². The summed E-state index contributed by atoms with van der Waals surface area (Å²) < 4.78 is 79.1. The Morgan fingerprint density at radius 1 is 1.12 bits per heavy atom. The van der Waals surface area contributed by atoms with Crippen molar-refractivity contribution < 1.29 is 35.9 Å². The van der Waals surface area contributed by atoms with Crippen LogP contribution in [0.25, 0.3) is 17.6 Å². The molecule has 0 aliphatic carbocycles. The lowest BCUT2D eigenvalue weighted by Crippen LogP contribution is -2.43. The molecule has 0 saturated heterocycles. The first-order valence-corrected chi connectivity index (χ1v) is 9.50. The fraction of sp³-hybridized carbons (Fsp3) is 0.300. The van der Waals surface area contributed by atoms with Gasteiger partial charge in [0.2, 0.25) is 0 Å². The number of alkyl halides is 6. The first kappa shape index (κ1) is 24.0. The lowest BCUT2D eigenvalue weighted by Gasteiger charge is -2.16. The molecule has 0 unspecified atom stereocenters. The summed E-state index contributed by atoms with van der Waals surface area (Å²) >= 11 is 0. The molecule has 1 N–H and O–H groups in total. The molecule has 0 spiro atoms. The lowest BCUT2D eigenvalue weighted by atomic mass is 10.0. The largest absolute Gasteiger partial charge is 0.416 e. The number of carbonyl (C=O) groups excluding carboxylic acids is 2. The molecule has 0 atom stereocenters. The number of amides is 2. The minimum atomic E-state index is -5.01. The minimum Gasteiger partial charge on any atom is -0.268 e. The van der Waals surface area contributed by atoms with Crippen LogP contribution in [0, 0.1) is 0 Å². The van der Waals surface area contributed by atoms with E-state index in [4.69, 9.17) is 0 Å². The summed E-state index contributed by atoms with van der Waals surface area (Å²) in [5.41, 5.74) is 0.320. The summed E-state index contributed by atoms with van der Waals surface area (Å²) in [6.45, 7) is 3.81. The van der Waals surface area contributed by atoms with Gasteiger partial charge in [0.25, 0.3) is 11.8 Å². The van der Waals surface area contributed by atoms with Crippen molar-refractivity contribution in [1.82, 2.24) is 25.2 Å². The van der Waals surface area contributed by atoms with Crippen molar-refractivity contribution in [1.29, 1.82) is 0 Å². The zero-order chi connectivity index (χ0) is 24.6. The molecule has 33 heavy (non-hydrogen) atoms. The van der Waals surface area contributed by atoms with Crippen molar-refractivity contribution >= 4 is 18.0 Å². The highest BCUT2D eigenvalue weighted by atomic mass is 19.4. The van der Waals surface area contributed by atoms with Gasteiger partial charge >= 0.3 is 12.4 Å². The van der Waals surface area contributed by atoms with E-state index in [1.807, 2.05) is 6.92 Å². The van der Waals surface area contributed by atoms with Crippen LogP contribution in [0.1, 0.15) is 31.4 Å². The number of hydrogen-bond acceptors (Lipinski definition) is 4. The molecule has 3 rings (SSSR count). The van der Waals surface area contributed by atoms with Gasteiger partial charge < -0.3 is 0 Å². The quantitative estimate of drug-likeness (QED) is 0.525. The fourth-order valence-electron chi connectivity index (χ4n) is 3.17. The van der Waals surface area contributed by atoms with Crippen LogP contribution in [0.15, 0.2) is 41.7 Å². The summed E-state index contributed by atoms with van der Waals surface area (Å²) in [6, 6.07) is 1.01. The van der Waals surface area contributed by atoms with Crippen LogP contribution in [-0.4, -0.2) is 38.1 Å². The van der Waals surface area contributed by atoms with Gasteiger partial charge in [-0.1, -0.05) is 6.92 Å². The standard InChI is InChI=1S/C20H17F6N5O2/c1-3-15-11(2)9-31(18(15)33)28-16(32)4-5-30-10-27-17(29-30)12-6-13(19(21,22)23)8-14(7-12)20(24,25)26/h4-8,10H,3,9H2,1-2H3,(H,28,32)/b5-4-. The number of nitrogens with zero attached hydrogens (tertiary/aromatic N) is 4. The second kappa shape index (κ2) is 8.71. The molecular weight excluding hydrogens is 456 g/mol. The molecule has 0 radical (unpaired) electrons. The predicted octanol–water partition coefficient (Wildman–Crippen LogP) is 4.05. The molecule has 0 fully saturated rings. The smallest absolute Gasteiger partial charge is 0.268 e. The third-order valence-corrected chi connectivity index (χ3v) is 4.75. The lowest BCUT2D eigenvalue weighted by molar-refractivity contribution is -0.143. The Morgan fingerprint density at radius 3 is 2.24 bits per heavy atom. The van der Waals surface area contributed by atoms with Crippen molar-refractivity contribution in [2.75, 3.05) is 6.54 Å². The number of halogens is 6. The molecule has 1 aliphatic rings. The van der Waals surface area contributed by atoms with Crippen LogP contribution in [-0.2, 0) is 21.9 Å². The Morgan fingerprint density at radius 2 is 1.73 bits per heavy atom. The van der Waals surface area contributed by atoms with Crippen molar-refractivity contribution in [3.05, 3.63) is 52.9 Å². The summed E-state index contributed by atoms with van der Waals surface area (Å²) in [7, 11) is 0. The van der Waals surface area contributed by atoms with Crippen LogP contribution in [0.5, 0.6) is 0 Å². The number of rotatable bonds is 5. The van der Waals surface area contributed by atoms with Gasteiger partial charge in [0.05, 0.1) is 17.7 Å². The molecule has 176 valence electrons. The summed E-state index contributed by atoms with van der Waals surface area (Å²) in [5.74, 6) is -1.42. The average molecular weight is 473 g/mol. The average Bonchev–Trinajstić information content (AvgIpc) is 3.29. The van der Waals surface area contributed by atoms with E-state index in [1.54, 1.807) is 6.92 Å². The van der Waals surface area contributed by atoms with Crippen molar-refractivity contribution in [2.24, 2.45) is 0 Å². The van der Waals surface area contributed by atoms with Gasteiger partial charge in [-0.2, -0.15) is 26.3 Å². The van der Waals surface area contributed by atoms with E-state index in [0.29, 0.717) is 24.1 Å². The maximum Gasteiger partial charge on any atom is 0.416 e. The van der Waals surface area contributed by atoms with Gasteiger partial charge in [-0.15, -0.1) is 5.10 Å². The Kier molecular flexibility index (Phi) is 6.34. The first-order valence-electron chi connectivity index (χ1n) is 9.50. The van der Waals surface area contributed by atoms with Crippen molar-refractivity contribution in [3.63, 3.8) is 0 Å². The van der Waals surface area contributed by atoms with E-state index in [9.17, 15) is 35.9 Å². The second-order valence-corrected chi connectivity index (χ2v) is 7.14. The van der Waals surface area contributed by atoms with Crippen molar-refractivity contribution in [3.8, 4) is 11.4 Å². The van der Waals surface area contributed by atoms with E-state index in [2.05, 4.69) is 15.5 Å². The number of hydrazine groups is 1. The molecule has 0 saturated carbocycles. The first-order chi connectivity index (χ1) is 15.3. The highest BCUT2D eigenvalue weighted by Crippen LogP contribution is 2.38. The van der Waals surface area contributed by atoms with Crippen LogP contribution >= 0.6 is 0 Å². The predicted molar refractivity (Wildman–Crippen MR) is 104 cm³/mol. The molecule has 13 heteroatoms. The SMILES string of the molecule is CCC1=C(C)CN(NC(=O)/C=C\n2cnc(-c3cc(C(F)(F)F)cc(C(F)(F)F)c3)n2)C1=O. The van der Waals surface area contributed by atoms with E-state index in [-0.39, 0.29) is 18.5 Å². The van der Waals surface area contributed by atoms with Crippen LogP contribution < -0.4 is 5.43 Å². The van der Waals surface area contributed by atoms with Crippen LogP contribution in [0.3, 0.4) is 0 Å². The number of benzene rings is 1. The van der Waals surface area contributed by atoms with Gasteiger partial charge in [0.15, 0.2) is 5.82 Å². The van der Waals surface area contributed by atoms with E-state index >= 15 is 0 Å². The molecule has 1 aromatic heterocycles. The van der Waals surface area contributed by atoms with Crippen LogP contribution in [0.2, 0.25) is 0 Å². The highest BCUT2D eigenvalue weighted by Gasteiger charge is 2.37. The highest BCUT2D eigenvalue weighted by molar-refractivity contribution is 5.99. The molecule has 0 bridgehead atoms. The Labute approximate surface area is 183 Å². The molecule has 7 nitrogen and oxygen atoms in total. The summed E-state index contributed by atoms with van der Waals surface area (Å²) in [6.07, 6.45) is -6.42. The number of carbonyl (C=O) groups is 2. The number of hydrogen-bond donors (Lipinski definition) is 1. The third-order valence-electron chi connectivity index (χ3n) is 4.75. The van der Waals surface area contributed by atoms with Gasteiger partial charge in [-0.25, -0.2) is 14.7 Å². The maximum absolute atomic E-state index is 13.0. The molecule has 1 aromatic carbocycles. The zero-order valence-corrected chi connectivity index (χ0v) is 17.3. The molecule has 1 aliphatic heterocycles. The molecule has 2 heterocycles. The Balaban J connectivity index is 1.77. The Bertz CT molecular complexity index is 1110. The zero-order valence-electron chi connectivity index (χ0n) is 17.3. The Hall–Kier alpha value is -3.64. The second-order valence-electron chi connectivity index (χ2n) is 7.14. The molecule has 2 aromatic rings. The topological polar surface area (TPSA) is 80.1 Å². The van der Waals surface area contributed by atoms with E-state index in [0.717, 1.165) is 33.9 Å². The van der Waals surface area contributed by atoms with Gasteiger partial charge in [-0.05, 0) is 37.1 Å². The van der Waals surface area contributed by atoms with Crippen LogP contribution in [0.4, 0.5) is 26.3 Å². The summed E-state index contributed by atoms with van der Waals surface area (Å²) in [4.78, 5) is 28.0. The van der Waals surface area contributed by atoms with E-state index in [1.165, 1.54) is 0 Å². The maximum atomic E-state index is 13.0. The normalized spacial score (nSPS) is 15.2. The van der Waals surface area contributed by atoms with E-state index < -0.39 is 40.8 Å². The number of aromatic nitrogens is 3. The third kappa shape index (κ3) is 5.41. The molecular formula is C20H17F6N5O2. The molecule has 2 amide bonds. The minimum absolute atomic E-state index is 0.00487. The van der Waals surface area contributed by atoms with Crippen molar-refractivity contribution in [2.45, 2.75) is 32.6 Å². The van der Waals surface area contributed by atoms with Gasteiger partial charge in [0, 0.05) is 23.4 Å². The van der Waals surface area contributed by atoms with Gasteiger partial charge in [-0.3, -0.25) is 15.0 Å². The summed E-state index contributed by atoms with van der Waals surface area (Å²) in [5, 5.41) is 4.93.